The molecule has 0 saturated carbocycles. The molecular formula is C18H24N4O. The molecule has 0 aliphatic carbocycles. The number of para-hydroxylation sites is 1. The van der Waals surface area contributed by atoms with Gasteiger partial charge in [0.2, 0.25) is 5.91 Å². The van der Waals surface area contributed by atoms with Gasteiger partial charge in [0.05, 0.1) is 6.20 Å². The lowest BCUT2D eigenvalue weighted by Crippen LogP contribution is -2.29. The SMILES string of the molecule is CCN(CCCNC(=O)/C=C/c1cnn(C)c1)c1ccccc1. The van der Waals surface area contributed by atoms with Crippen LogP contribution in [-0.4, -0.2) is 35.3 Å². The van der Waals surface area contributed by atoms with E-state index in [1.165, 1.54) is 5.69 Å². The second-order valence-electron chi connectivity index (χ2n) is 5.34. The molecule has 0 saturated heterocycles. The molecule has 1 amide bonds. The Labute approximate surface area is 137 Å². The molecule has 5 nitrogen and oxygen atoms in total. The summed E-state index contributed by atoms with van der Waals surface area (Å²) in [7, 11) is 1.85. The van der Waals surface area contributed by atoms with Crippen LogP contribution in [0.2, 0.25) is 0 Å². The summed E-state index contributed by atoms with van der Waals surface area (Å²) in [4.78, 5) is 14.1. The number of amides is 1. The third kappa shape index (κ3) is 5.62. The number of aromatic nitrogens is 2. The second kappa shape index (κ2) is 8.78. The van der Waals surface area contributed by atoms with Crippen molar-refractivity contribution in [1.29, 1.82) is 0 Å². The van der Waals surface area contributed by atoms with Crippen LogP contribution in [0.1, 0.15) is 18.9 Å². The molecule has 0 aliphatic heterocycles. The van der Waals surface area contributed by atoms with E-state index in [0.717, 1.165) is 25.1 Å². The molecule has 2 aromatic rings. The molecule has 1 heterocycles. The van der Waals surface area contributed by atoms with E-state index in [2.05, 4.69) is 34.4 Å². The van der Waals surface area contributed by atoms with E-state index in [1.54, 1.807) is 23.0 Å². The number of hydrogen-bond acceptors (Lipinski definition) is 3. The zero-order chi connectivity index (χ0) is 16.5. The fraction of sp³-hybridized carbons (Fsp3) is 0.333. The lowest BCUT2D eigenvalue weighted by atomic mass is 10.2. The van der Waals surface area contributed by atoms with Gasteiger partial charge in [-0.15, -0.1) is 0 Å². The largest absolute Gasteiger partial charge is 0.372 e. The summed E-state index contributed by atoms with van der Waals surface area (Å²) in [6.45, 7) is 4.69. The number of rotatable bonds is 8. The zero-order valence-corrected chi connectivity index (χ0v) is 13.8. The van der Waals surface area contributed by atoms with Gasteiger partial charge in [0.1, 0.15) is 0 Å². The molecule has 0 aliphatic rings. The highest BCUT2D eigenvalue weighted by atomic mass is 16.1. The Bertz CT molecular complexity index is 633. The standard InChI is InChI=1S/C18H24N4O/c1-3-22(17-8-5-4-6-9-17)13-7-12-19-18(23)11-10-16-14-20-21(2)15-16/h4-6,8-11,14-15H,3,7,12-13H2,1-2H3,(H,19,23)/b11-10+. The molecule has 122 valence electrons. The van der Waals surface area contributed by atoms with Crippen LogP contribution in [0.5, 0.6) is 0 Å². The maximum absolute atomic E-state index is 11.8. The van der Waals surface area contributed by atoms with Crippen LogP contribution in [0.3, 0.4) is 0 Å². The number of carbonyl (C=O) groups is 1. The molecule has 0 bridgehead atoms. The Balaban J connectivity index is 1.70. The highest BCUT2D eigenvalue weighted by molar-refractivity contribution is 5.91. The molecule has 0 atom stereocenters. The molecule has 1 N–H and O–H groups in total. The summed E-state index contributed by atoms with van der Waals surface area (Å²) in [5.74, 6) is -0.0726. The van der Waals surface area contributed by atoms with Crippen LogP contribution in [0, 0.1) is 0 Å². The van der Waals surface area contributed by atoms with Crippen molar-refractivity contribution < 1.29 is 4.79 Å². The van der Waals surface area contributed by atoms with E-state index in [9.17, 15) is 4.79 Å². The number of carbonyl (C=O) groups excluding carboxylic acids is 1. The van der Waals surface area contributed by atoms with Crippen molar-refractivity contribution in [2.24, 2.45) is 7.05 Å². The van der Waals surface area contributed by atoms with E-state index in [4.69, 9.17) is 0 Å². The first-order valence-corrected chi connectivity index (χ1v) is 7.93. The number of anilines is 1. The summed E-state index contributed by atoms with van der Waals surface area (Å²) in [5.41, 5.74) is 2.14. The number of nitrogens with zero attached hydrogens (tertiary/aromatic N) is 3. The number of nitrogens with one attached hydrogen (secondary N) is 1. The maximum atomic E-state index is 11.8. The Morgan fingerprint density at radius 2 is 2.13 bits per heavy atom. The predicted molar refractivity (Wildman–Crippen MR) is 94.2 cm³/mol. The summed E-state index contributed by atoms with van der Waals surface area (Å²) in [5, 5.41) is 6.97. The summed E-state index contributed by atoms with van der Waals surface area (Å²) >= 11 is 0. The van der Waals surface area contributed by atoms with Gasteiger partial charge < -0.3 is 10.2 Å². The Morgan fingerprint density at radius 3 is 2.78 bits per heavy atom. The lowest BCUT2D eigenvalue weighted by molar-refractivity contribution is -0.116. The van der Waals surface area contributed by atoms with Crippen molar-refractivity contribution in [3.05, 3.63) is 54.4 Å². The molecule has 5 heteroatoms. The highest BCUT2D eigenvalue weighted by Gasteiger charge is 2.03. The van der Waals surface area contributed by atoms with Crippen LogP contribution in [0.25, 0.3) is 6.08 Å². The average Bonchev–Trinajstić information content (AvgIpc) is 2.99. The van der Waals surface area contributed by atoms with Crippen molar-refractivity contribution in [3.63, 3.8) is 0 Å². The smallest absolute Gasteiger partial charge is 0.244 e. The maximum Gasteiger partial charge on any atom is 0.244 e. The lowest BCUT2D eigenvalue weighted by Gasteiger charge is -2.23. The van der Waals surface area contributed by atoms with Gasteiger partial charge in [-0.3, -0.25) is 9.48 Å². The molecule has 23 heavy (non-hydrogen) atoms. The van der Waals surface area contributed by atoms with E-state index >= 15 is 0 Å². The minimum atomic E-state index is -0.0726. The van der Waals surface area contributed by atoms with Crippen molar-refractivity contribution in [2.75, 3.05) is 24.5 Å². The van der Waals surface area contributed by atoms with E-state index in [1.807, 2.05) is 31.4 Å². The second-order valence-corrected chi connectivity index (χ2v) is 5.34. The van der Waals surface area contributed by atoms with E-state index in [0.29, 0.717) is 6.54 Å². The third-order valence-electron chi connectivity index (χ3n) is 3.56. The summed E-state index contributed by atoms with van der Waals surface area (Å²) < 4.78 is 1.71. The Kier molecular flexibility index (Phi) is 6.41. The van der Waals surface area contributed by atoms with Gasteiger partial charge in [0, 0.05) is 50.2 Å². The Morgan fingerprint density at radius 1 is 1.35 bits per heavy atom. The highest BCUT2D eigenvalue weighted by Crippen LogP contribution is 2.12. The molecule has 0 spiro atoms. The summed E-state index contributed by atoms with van der Waals surface area (Å²) in [6, 6.07) is 10.3. The van der Waals surface area contributed by atoms with Crippen LogP contribution >= 0.6 is 0 Å². The molecule has 1 aromatic carbocycles. The van der Waals surface area contributed by atoms with Crippen LogP contribution in [0.15, 0.2) is 48.8 Å². The zero-order valence-electron chi connectivity index (χ0n) is 13.8. The minimum Gasteiger partial charge on any atom is -0.372 e. The molecule has 2 rings (SSSR count). The van der Waals surface area contributed by atoms with Crippen molar-refractivity contribution in [2.45, 2.75) is 13.3 Å². The fourth-order valence-corrected chi connectivity index (χ4v) is 2.35. The monoisotopic (exact) mass is 312 g/mol. The first-order chi connectivity index (χ1) is 11.2. The van der Waals surface area contributed by atoms with Gasteiger partial charge in [-0.1, -0.05) is 18.2 Å². The Hall–Kier alpha value is -2.56. The normalized spacial score (nSPS) is 10.9. The molecule has 0 radical (unpaired) electrons. The molecule has 0 unspecified atom stereocenters. The number of aryl methyl sites for hydroxylation is 1. The van der Waals surface area contributed by atoms with Gasteiger partial charge >= 0.3 is 0 Å². The number of hydrogen-bond donors (Lipinski definition) is 1. The first kappa shape index (κ1) is 16.8. The molecular weight excluding hydrogens is 288 g/mol. The summed E-state index contributed by atoms with van der Waals surface area (Å²) in [6.07, 6.45) is 7.82. The first-order valence-electron chi connectivity index (χ1n) is 7.93. The van der Waals surface area contributed by atoms with Gasteiger partial charge in [0.15, 0.2) is 0 Å². The van der Waals surface area contributed by atoms with Gasteiger partial charge in [-0.2, -0.15) is 5.10 Å². The third-order valence-corrected chi connectivity index (χ3v) is 3.56. The van der Waals surface area contributed by atoms with Crippen molar-refractivity contribution in [3.8, 4) is 0 Å². The van der Waals surface area contributed by atoms with E-state index in [-0.39, 0.29) is 5.91 Å². The van der Waals surface area contributed by atoms with Crippen LogP contribution in [-0.2, 0) is 11.8 Å². The quantitative estimate of drug-likeness (QED) is 0.602. The van der Waals surface area contributed by atoms with E-state index < -0.39 is 0 Å². The van der Waals surface area contributed by atoms with Crippen LogP contribution in [0.4, 0.5) is 5.69 Å². The van der Waals surface area contributed by atoms with Gasteiger partial charge in [-0.05, 0) is 31.6 Å². The van der Waals surface area contributed by atoms with Gasteiger partial charge in [0.25, 0.3) is 0 Å². The predicted octanol–water partition coefficient (Wildman–Crippen LogP) is 2.47. The molecule has 0 fully saturated rings. The average molecular weight is 312 g/mol. The molecule has 1 aromatic heterocycles. The topological polar surface area (TPSA) is 50.2 Å². The fourth-order valence-electron chi connectivity index (χ4n) is 2.35. The van der Waals surface area contributed by atoms with Gasteiger partial charge in [-0.25, -0.2) is 0 Å². The van der Waals surface area contributed by atoms with Crippen LogP contribution < -0.4 is 10.2 Å². The van der Waals surface area contributed by atoms with Crippen molar-refractivity contribution >= 4 is 17.7 Å². The minimum absolute atomic E-state index is 0.0726. The number of benzene rings is 1. The van der Waals surface area contributed by atoms with Crippen molar-refractivity contribution in [1.82, 2.24) is 15.1 Å².